The molecular weight excluding hydrogens is 440 g/mol. The van der Waals surface area contributed by atoms with Crippen molar-refractivity contribution in [2.45, 2.75) is 0 Å². The van der Waals surface area contributed by atoms with Crippen LogP contribution in [0.2, 0.25) is 0 Å². The summed E-state index contributed by atoms with van der Waals surface area (Å²) >= 11 is 0. The van der Waals surface area contributed by atoms with E-state index in [0.717, 1.165) is 33.2 Å². The first kappa shape index (κ1) is 22.4. The monoisotopic (exact) mass is 464 g/mol. The normalized spacial score (nSPS) is 13.4. The maximum absolute atomic E-state index is 12.8. The smallest absolute Gasteiger partial charge is 0.254 e. The lowest BCUT2D eigenvalue weighted by Gasteiger charge is -2.26. The predicted octanol–water partition coefficient (Wildman–Crippen LogP) is 4.56. The fraction of sp³-hybridized carbons (Fsp3) is 0.143. The molecule has 1 aliphatic rings. The minimum Gasteiger partial charge on any atom is -0.378 e. The number of carbonyl (C=O) groups excluding carboxylic acids is 2. The van der Waals surface area contributed by atoms with Crippen molar-refractivity contribution in [2.75, 3.05) is 31.6 Å². The fourth-order valence-corrected chi connectivity index (χ4v) is 4.20. The summed E-state index contributed by atoms with van der Waals surface area (Å²) in [5.41, 5.74) is 5.94. The van der Waals surface area contributed by atoms with E-state index in [-0.39, 0.29) is 11.8 Å². The lowest BCUT2D eigenvalue weighted by molar-refractivity contribution is -0.111. The minimum absolute atomic E-state index is 0.0193. The third-order valence-electron chi connectivity index (χ3n) is 6.00. The van der Waals surface area contributed by atoms with Gasteiger partial charge in [0.25, 0.3) is 5.91 Å². The number of carbonyl (C=O) groups is 2. The van der Waals surface area contributed by atoms with Gasteiger partial charge in [0.2, 0.25) is 5.91 Å². The molecule has 5 rings (SSSR count). The van der Waals surface area contributed by atoms with Crippen LogP contribution >= 0.6 is 0 Å². The molecule has 4 aromatic rings. The Morgan fingerprint density at radius 1 is 0.971 bits per heavy atom. The summed E-state index contributed by atoms with van der Waals surface area (Å²) in [5.74, 6) is -0.249. The molecule has 1 aliphatic heterocycles. The van der Waals surface area contributed by atoms with Crippen LogP contribution in [0, 0.1) is 0 Å². The number of ether oxygens (including phenoxy) is 1. The molecule has 2 heterocycles. The van der Waals surface area contributed by atoms with E-state index in [1.165, 1.54) is 12.4 Å². The SMILES string of the molecule is C=CC(=O)Nc1cccc(-c2cc(-c3ccc(C(=O)N4CCOCC4)cc3)cc3cncnc23)c1. The maximum Gasteiger partial charge on any atom is 0.254 e. The third kappa shape index (κ3) is 4.81. The van der Waals surface area contributed by atoms with Crippen LogP contribution in [0.5, 0.6) is 0 Å². The predicted molar refractivity (Wildman–Crippen MR) is 136 cm³/mol. The molecule has 0 atom stereocenters. The molecule has 1 N–H and O–H groups in total. The largest absolute Gasteiger partial charge is 0.378 e. The Balaban J connectivity index is 1.52. The number of hydrogen-bond donors (Lipinski definition) is 1. The number of fused-ring (bicyclic) bond motifs is 1. The van der Waals surface area contributed by atoms with Crippen molar-refractivity contribution in [1.82, 2.24) is 14.9 Å². The summed E-state index contributed by atoms with van der Waals surface area (Å²) in [5, 5.41) is 3.70. The highest BCUT2D eigenvalue weighted by atomic mass is 16.5. The van der Waals surface area contributed by atoms with Crippen molar-refractivity contribution in [3.8, 4) is 22.3 Å². The molecule has 0 unspecified atom stereocenters. The van der Waals surface area contributed by atoms with Gasteiger partial charge in [-0.25, -0.2) is 9.97 Å². The number of rotatable bonds is 5. The Bertz CT molecular complexity index is 1410. The summed E-state index contributed by atoms with van der Waals surface area (Å²) in [4.78, 5) is 35.1. The van der Waals surface area contributed by atoms with Crippen LogP contribution in [-0.4, -0.2) is 53.0 Å². The molecule has 0 aliphatic carbocycles. The quantitative estimate of drug-likeness (QED) is 0.438. The zero-order valence-corrected chi connectivity index (χ0v) is 19.1. The first-order valence-electron chi connectivity index (χ1n) is 11.4. The van der Waals surface area contributed by atoms with E-state index in [9.17, 15) is 9.59 Å². The first-order chi connectivity index (χ1) is 17.1. The molecule has 0 bridgehead atoms. The van der Waals surface area contributed by atoms with E-state index >= 15 is 0 Å². The van der Waals surface area contributed by atoms with Crippen molar-refractivity contribution < 1.29 is 14.3 Å². The van der Waals surface area contributed by atoms with Crippen LogP contribution in [0.25, 0.3) is 33.2 Å². The molecule has 174 valence electrons. The number of nitrogens with zero attached hydrogens (tertiary/aromatic N) is 3. The van der Waals surface area contributed by atoms with Gasteiger partial charge in [-0.15, -0.1) is 0 Å². The highest BCUT2D eigenvalue weighted by Crippen LogP contribution is 2.34. The van der Waals surface area contributed by atoms with Gasteiger partial charge in [0.05, 0.1) is 18.7 Å². The average molecular weight is 465 g/mol. The van der Waals surface area contributed by atoms with Crippen molar-refractivity contribution in [3.63, 3.8) is 0 Å². The first-order valence-corrected chi connectivity index (χ1v) is 11.4. The Morgan fingerprint density at radius 2 is 1.77 bits per heavy atom. The molecule has 0 saturated carbocycles. The Hall–Kier alpha value is -4.36. The van der Waals surface area contributed by atoms with Gasteiger partial charge in [0.1, 0.15) is 6.33 Å². The average Bonchev–Trinajstić information content (AvgIpc) is 2.92. The summed E-state index contributed by atoms with van der Waals surface area (Å²) in [7, 11) is 0. The highest BCUT2D eigenvalue weighted by molar-refractivity contribution is 6.01. The van der Waals surface area contributed by atoms with Gasteiger partial charge in [-0.3, -0.25) is 9.59 Å². The van der Waals surface area contributed by atoms with Crippen LogP contribution in [0.15, 0.2) is 85.8 Å². The molecule has 7 nitrogen and oxygen atoms in total. The second kappa shape index (κ2) is 9.87. The molecule has 1 saturated heterocycles. The van der Waals surface area contributed by atoms with Gasteiger partial charge in [0.15, 0.2) is 0 Å². The molecule has 0 radical (unpaired) electrons. The Labute approximate surface area is 203 Å². The number of aromatic nitrogens is 2. The number of benzene rings is 3. The summed E-state index contributed by atoms with van der Waals surface area (Å²) in [6, 6.07) is 19.4. The second-order valence-corrected chi connectivity index (χ2v) is 8.24. The topological polar surface area (TPSA) is 84.4 Å². The van der Waals surface area contributed by atoms with E-state index in [2.05, 4.69) is 27.9 Å². The van der Waals surface area contributed by atoms with Crippen molar-refractivity contribution in [1.29, 1.82) is 0 Å². The van der Waals surface area contributed by atoms with Gasteiger partial charge in [-0.1, -0.05) is 30.8 Å². The molecule has 1 fully saturated rings. The summed E-state index contributed by atoms with van der Waals surface area (Å²) < 4.78 is 5.35. The zero-order valence-electron chi connectivity index (χ0n) is 19.1. The summed E-state index contributed by atoms with van der Waals surface area (Å²) in [6.07, 6.45) is 4.55. The second-order valence-electron chi connectivity index (χ2n) is 8.24. The van der Waals surface area contributed by atoms with Gasteiger partial charge in [-0.2, -0.15) is 0 Å². The van der Waals surface area contributed by atoms with Gasteiger partial charge >= 0.3 is 0 Å². The molecule has 2 amide bonds. The van der Waals surface area contributed by atoms with Crippen LogP contribution < -0.4 is 5.32 Å². The lowest BCUT2D eigenvalue weighted by Crippen LogP contribution is -2.40. The standard InChI is InChI=1S/C28H24N4O3/c1-2-26(33)31-24-5-3-4-21(15-24)25-16-22(14-23-17-29-18-30-27(23)25)19-6-8-20(9-7-19)28(34)32-10-12-35-13-11-32/h2-9,14-18H,1,10-13H2,(H,31,33). The maximum atomic E-state index is 12.8. The molecule has 1 aromatic heterocycles. The van der Waals surface area contributed by atoms with Gasteiger partial charge in [-0.05, 0) is 59.2 Å². The van der Waals surface area contributed by atoms with Crippen molar-refractivity contribution in [2.24, 2.45) is 0 Å². The van der Waals surface area contributed by atoms with Gasteiger partial charge < -0.3 is 15.0 Å². The van der Waals surface area contributed by atoms with E-state index in [1.807, 2.05) is 59.5 Å². The third-order valence-corrected chi connectivity index (χ3v) is 6.00. The zero-order chi connectivity index (χ0) is 24.2. The van der Waals surface area contributed by atoms with Crippen LogP contribution in [0.4, 0.5) is 5.69 Å². The number of hydrogen-bond acceptors (Lipinski definition) is 5. The number of amides is 2. The highest BCUT2D eigenvalue weighted by Gasteiger charge is 2.18. The fourth-order valence-electron chi connectivity index (χ4n) is 4.20. The summed E-state index contributed by atoms with van der Waals surface area (Å²) in [6.45, 7) is 5.88. The number of morpholine rings is 1. The molecule has 0 spiro atoms. The molecule has 35 heavy (non-hydrogen) atoms. The van der Waals surface area contributed by atoms with E-state index < -0.39 is 0 Å². The lowest BCUT2D eigenvalue weighted by atomic mass is 9.95. The van der Waals surface area contributed by atoms with E-state index in [1.54, 1.807) is 6.20 Å². The molecule has 7 heteroatoms. The van der Waals surface area contributed by atoms with Crippen molar-refractivity contribution in [3.05, 3.63) is 91.4 Å². The van der Waals surface area contributed by atoms with Gasteiger partial charge in [0, 0.05) is 41.5 Å². The van der Waals surface area contributed by atoms with Crippen LogP contribution in [0.3, 0.4) is 0 Å². The van der Waals surface area contributed by atoms with E-state index in [0.29, 0.717) is 37.6 Å². The van der Waals surface area contributed by atoms with Crippen molar-refractivity contribution >= 4 is 28.4 Å². The number of anilines is 1. The van der Waals surface area contributed by atoms with Crippen LogP contribution in [-0.2, 0) is 9.53 Å². The molecular formula is C28H24N4O3. The minimum atomic E-state index is -0.269. The van der Waals surface area contributed by atoms with Crippen LogP contribution in [0.1, 0.15) is 10.4 Å². The number of nitrogens with one attached hydrogen (secondary N) is 1. The Kier molecular flexibility index (Phi) is 6.32. The Morgan fingerprint density at radius 3 is 2.54 bits per heavy atom. The van der Waals surface area contributed by atoms with E-state index in [4.69, 9.17) is 4.74 Å². The molecule has 3 aromatic carbocycles.